The van der Waals surface area contributed by atoms with Crippen LogP contribution in [0.5, 0.6) is 0 Å². The van der Waals surface area contributed by atoms with Crippen LogP contribution in [0.25, 0.3) is 0 Å². The molecule has 0 saturated carbocycles. The van der Waals surface area contributed by atoms with E-state index in [0.29, 0.717) is 64.8 Å². The van der Waals surface area contributed by atoms with Gasteiger partial charge in [-0.05, 0) is 18.9 Å². The number of carboxylic acid groups (broad SMARTS) is 2. The minimum atomic E-state index is -0.943. The van der Waals surface area contributed by atoms with Crippen LogP contribution in [0.3, 0.4) is 0 Å². The quantitative estimate of drug-likeness (QED) is 0.206. The molecule has 38 heavy (non-hydrogen) atoms. The van der Waals surface area contributed by atoms with Crippen molar-refractivity contribution in [3.05, 3.63) is 0 Å². The van der Waals surface area contributed by atoms with Gasteiger partial charge in [0.1, 0.15) is 0 Å². The molecule has 0 radical (unpaired) electrons. The van der Waals surface area contributed by atoms with Crippen molar-refractivity contribution in [1.82, 2.24) is 30.2 Å². The topological polar surface area (TPSA) is 146 Å². The van der Waals surface area contributed by atoms with Gasteiger partial charge in [0.15, 0.2) is 0 Å². The van der Waals surface area contributed by atoms with Crippen LogP contribution in [0.1, 0.15) is 46.5 Å². The zero-order valence-electron chi connectivity index (χ0n) is 23.6. The molecule has 1 heterocycles. The maximum atomic E-state index is 12.6. The summed E-state index contributed by atoms with van der Waals surface area (Å²) in [6.45, 7) is 12.5. The molecular formula is C26H50N6O6. The van der Waals surface area contributed by atoms with Crippen LogP contribution in [-0.2, 0) is 19.2 Å². The second-order valence-corrected chi connectivity index (χ2v) is 10.4. The molecule has 1 aliphatic rings. The highest BCUT2D eigenvalue weighted by Gasteiger charge is 2.19. The maximum absolute atomic E-state index is 12.6. The van der Waals surface area contributed by atoms with Crippen molar-refractivity contribution >= 4 is 23.8 Å². The normalized spacial score (nSPS) is 17.5. The Labute approximate surface area is 227 Å². The standard InChI is InChI=1S/C26H50N6O6/c1-4-29-11-13-30(19-24(34)28-10-8-23(33)27-9-6-5-7-22(2)3)15-16-32(21-26(37)38)18-17-31(14-12-29)20-25(35)36/h22H,4-21H2,1-3H3,(H,27,33)(H,28,34)(H,35,36)(H,37,38). The lowest BCUT2D eigenvalue weighted by molar-refractivity contribution is -0.140. The van der Waals surface area contributed by atoms with Crippen LogP contribution in [0, 0.1) is 5.92 Å². The summed E-state index contributed by atoms with van der Waals surface area (Å²) in [6.07, 6.45) is 3.43. The third-order valence-electron chi connectivity index (χ3n) is 6.67. The fourth-order valence-electron chi connectivity index (χ4n) is 4.32. The van der Waals surface area contributed by atoms with E-state index >= 15 is 0 Å². The molecular weight excluding hydrogens is 492 g/mol. The highest BCUT2D eigenvalue weighted by molar-refractivity contribution is 5.80. The van der Waals surface area contributed by atoms with Gasteiger partial charge in [0.2, 0.25) is 11.8 Å². The molecule has 0 spiro atoms. The van der Waals surface area contributed by atoms with Crippen LogP contribution in [0.4, 0.5) is 0 Å². The molecule has 0 unspecified atom stereocenters. The lowest BCUT2D eigenvalue weighted by Gasteiger charge is -2.33. The summed E-state index contributed by atoms with van der Waals surface area (Å²) in [5.41, 5.74) is 0. The van der Waals surface area contributed by atoms with Gasteiger partial charge in [-0.1, -0.05) is 33.6 Å². The summed E-state index contributed by atoms with van der Waals surface area (Å²) < 4.78 is 0. The van der Waals surface area contributed by atoms with Gasteiger partial charge in [-0.2, -0.15) is 0 Å². The van der Waals surface area contributed by atoms with Crippen molar-refractivity contribution in [3.63, 3.8) is 0 Å². The van der Waals surface area contributed by atoms with E-state index in [4.69, 9.17) is 0 Å². The maximum Gasteiger partial charge on any atom is 0.317 e. The van der Waals surface area contributed by atoms with Gasteiger partial charge in [0.05, 0.1) is 19.6 Å². The van der Waals surface area contributed by atoms with Crippen molar-refractivity contribution in [1.29, 1.82) is 0 Å². The molecule has 0 bridgehead atoms. The Morgan fingerprint density at radius 1 is 0.658 bits per heavy atom. The minimum absolute atomic E-state index is 0.0685. The van der Waals surface area contributed by atoms with Gasteiger partial charge >= 0.3 is 11.9 Å². The van der Waals surface area contributed by atoms with Gasteiger partial charge < -0.3 is 25.7 Å². The monoisotopic (exact) mass is 542 g/mol. The van der Waals surface area contributed by atoms with Gasteiger partial charge in [-0.25, -0.2) is 0 Å². The summed E-state index contributed by atoms with van der Waals surface area (Å²) in [5.74, 6) is -1.41. The van der Waals surface area contributed by atoms with E-state index in [1.165, 1.54) is 0 Å². The zero-order valence-corrected chi connectivity index (χ0v) is 23.6. The number of carbonyl (C=O) groups excluding carboxylic acids is 2. The Balaban J connectivity index is 2.58. The van der Waals surface area contributed by atoms with Crippen LogP contribution < -0.4 is 10.6 Å². The van der Waals surface area contributed by atoms with E-state index in [1.807, 2.05) is 9.80 Å². The van der Waals surface area contributed by atoms with Crippen LogP contribution in [0.2, 0.25) is 0 Å². The number of rotatable bonds is 15. The molecule has 2 amide bonds. The second-order valence-electron chi connectivity index (χ2n) is 10.4. The largest absolute Gasteiger partial charge is 0.480 e. The van der Waals surface area contributed by atoms with E-state index < -0.39 is 11.9 Å². The summed E-state index contributed by atoms with van der Waals surface area (Å²) in [7, 11) is 0. The fourth-order valence-corrected chi connectivity index (χ4v) is 4.32. The Morgan fingerprint density at radius 3 is 1.55 bits per heavy atom. The number of aliphatic carboxylic acids is 2. The SMILES string of the molecule is CCN1CCN(CC(=O)O)CCN(CC(=O)O)CCN(CC(=O)NCCC(=O)NCCCCC(C)C)CC1. The molecule has 4 N–H and O–H groups in total. The molecule has 12 heteroatoms. The van der Waals surface area contributed by atoms with Crippen LogP contribution in [-0.4, -0.2) is 145 Å². The highest BCUT2D eigenvalue weighted by Crippen LogP contribution is 2.05. The third kappa shape index (κ3) is 17.3. The van der Waals surface area contributed by atoms with Crippen LogP contribution in [0.15, 0.2) is 0 Å². The number of nitrogens with one attached hydrogen (secondary N) is 2. The van der Waals surface area contributed by atoms with Crippen molar-refractivity contribution in [2.24, 2.45) is 5.92 Å². The molecule has 1 fully saturated rings. The zero-order chi connectivity index (χ0) is 28.3. The molecule has 0 atom stereocenters. The number of hydrogen-bond acceptors (Lipinski definition) is 8. The van der Waals surface area contributed by atoms with Crippen molar-refractivity contribution in [2.75, 3.05) is 91.6 Å². The molecule has 0 aromatic carbocycles. The first-order valence-corrected chi connectivity index (χ1v) is 13.9. The van der Waals surface area contributed by atoms with Gasteiger partial charge in [-0.15, -0.1) is 0 Å². The number of carbonyl (C=O) groups is 4. The number of unbranched alkanes of at least 4 members (excludes halogenated alkanes) is 1. The summed E-state index contributed by atoms with van der Waals surface area (Å²) in [5, 5.41) is 24.3. The summed E-state index contributed by atoms with van der Waals surface area (Å²) in [4.78, 5) is 55.2. The average molecular weight is 543 g/mol. The Morgan fingerprint density at radius 2 is 1.11 bits per heavy atom. The molecule has 1 saturated heterocycles. The molecule has 0 aliphatic carbocycles. The molecule has 0 aromatic heterocycles. The number of amides is 2. The fraction of sp³-hybridized carbons (Fsp3) is 0.846. The summed E-state index contributed by atoms with van der Waals surface area (Å²) >= 11 is 0. The van der Waals surface area contributed by atoms with E-state index in [2.05, 4.69) is 36.3 Å². The van der Waals surface area contributed by atoms with E-state index in [1.54, 1.807) is 4.90 Å². The first-order chi connectivity index (χ1) is 18.1. The highest BCUT2D eigenvalue weighted by atomic mass is 16.4. The Kier molecular flexibility index (Phi) is 17.5. The Bertz CT molecular complexity index is 722. The van der Waals surface area contributed by atoms with Crippen molar-refractivity contribution in [3.8, 4) is 0 Å². The first-order valence-electron chi connectivity index (χ1n) is 13.9. The number of carboxylic acids is 2. The average Bonchev–Trinajstić information content (AvgIpc) is 2.83. The number of likely N-dealkylation sites (N-methyl/N-ethyl adjacent to an activating group) is 1. The van der Waals surface area contributed by atoms with Crippen LogP contribution >= 0.6 is 0 Å². The van der Waals surface area contributed by atoms with E-state index in [0.717, 1.165) is 25.8 Å². The number of hydrogen-bond donors (Lipinski definition) is 4. The first kappa shape index (κ1) is 33.7. The van der Waals surface area contributed by atoms with Gasteiger partial charge in [0, 0.05) is 71.9 Å². The second kappa shape index (κ2) is 19.7. The lowest BCUT2D eigenvalue weighted by Crippen LogP contribution is -2.49. The predicted octanol–water partition coefficient (Wildman–Crippen LogP) is -0.154. The molecule has 1 rings (SSSR count). The molecule has 12 nitrogen and oxygen atoms in total. The molecule has 1 aliphatic heterocycles. The number of nitrogens with zero attached hydrogens (tertiary/aromatic N) is 4. The van der Waals surface area contributed by atoms with Crippen molar-refractivity contribution < 1.29 is 29.4 Å². The smallest absolute Gasteiger partial charge is 0.317 e. The molecule has 0 aromatic rings. The van der Waals surface area contributed by atoms with E-state index in [-0.39, 0.29) is 44.4 Å². The molecule has 220 valence electrons. The van der Waals surface area contributed by atoms with Gasteiger partial charge in [0.25, 0.3) is 0 Å². The summed E-state index contributed by atoms with van der Waals surface area (Å²) in [6, 6.07) is 0. The Hall–Kier alpha value is -2.28. The minimum Gasteiger partial charge on any atom is -0.480 e. The third-order valence-corrected chi connectivity index (χ3v) is 6.67. The van der Waals surface area contributed by atoms with Crippen molar-refractivity contribution in [2.45, 2.75) is 46.5 Å². The van der Waals surface area contributed by atoms with E-state index in [9.17, 15) is 29.4 Å². The predicted molar refractivity (Wildman–Crippen MR) is 146 cm³/mol. The van der Waals surface area contributed by atoms with Gasteiger partial charge in [-0.3, -0.25) is 33.9 Å². The lowest BCUT2D eigenvalue weighted by atomic mass is 10.1.